The molecule has 26 heavy (non-hydrogen) atoms. The monoisotopic (exact) mass is 366 g/mol. The number of nitrogens with zero attached hydrogens (tertiary/aromatic N) is 2. The highest BCUT2D eigenvalue weighted by molar-refractivity contribution is 5.41. The maximum atomic E-state index is 14.2. The number of ether oxygens (including phenoxy) is 2. The first-order valence-corrected chi connectivity index (χ1v) is 7.90. The molecule has 0 unspecified atom stereocenters. The van der Waals surface area contributed by atoms with E-state index in [1.165, 1.54) is 6.07 Å². The van der Waals surface area contributed by atoms with Gasteiger partial charge in [0.25, 0.3) is 5.85 Å². The number of halogens is 1. The average molecular weight is 366 g/mol. The number of hydrogen-bond donors (Lipinski definition) is 3. The molecular weight excluding hydrogens is 347 g/mol. The van der Waals surface area contributed by atoms with E-state index in [0.717, 1.165) is 17.3 Å². The first-order valence-electron chi connectivity index (χ1n) is 7.90. The van der Waals surface area contributed by atoms with Crippen molar-refractivity contribution in [2.75, 3.05) is 13.2 Å². The molecule has 1 aliphatic heterocycles. The summed E-state index contributed by atoms with van der Waals surface area (Å²) in [6.45, 7) is 1.78. The summed E-state index contributed by atoms with van der Waals surface area (Å²) >= 11 is 0. The van der Waals surface area contributed by atoms with Gasteiger partial charge in [-0.2, -0.15) is 4.98 Å². The van der Waals surface area contributed by atoms with Crippen molar-refractivity contribution in [3.63, 3.8) is 0 Å². The van der Waals surface area contributed by atoms with Crippen LogP contribution in [0.1, 0.15) is 11.1 Å². The van der Waals surface area contributed by atoms with Crippen molar-refractivity contribution in [2.24, 2.45) is 0 Å². The Bertz CT molecular complexity index is 868. The summed E-state index contributed by atoms with van der Waals surface area (Å²) in [6, 6.07) is 6.85. The maximum Gasteiger partial charge on any atom is 0.353 e. The van der Waals surface area contributed by atoms with E-state index < -0.39 is 36.6 Å². The molecular formula is C17H19FN2O6. The second kappa shape index (κ2) is 6.44. The lowest BCUT2D eigenvalue weighted by Gasteiger charge is -2.29. The fourth-order valence-electron chi connectivity index (χ4n) is 2.87. The Kier molecular flexibility index (Phi) is 4.57. The molecule has 0 spiro atoms. The van der Waals surface area contributed by atoms with Crippen LogP contribution in [-0.2, 0) is 10.5 Å². The van der Waals surface area contributed by atoms with Gasteiger partial charge in [-0.3, -0.25) is 4.57 Å². The van der Waals surface area contributed by atoms with Crippen LogP contribution in [0.5, 0.6) is 11.6 Å². The summed E-state index contributed by atoms with van der Waals surface area (Å²) in [6.07, 6.45) is -1.06. The topological polar surface area (TPSA) is 114 Å². The highest BCUT2D eigenvalue weighted by Gasteiger charge is 2.60. The zero-order valence-electron chi connectivity index (χ0n) is 14.2. The van der Waals surface area contributed by atoms with E-state index >= 15 is 0 Å². The van der Waals surface area contributed by atoms with Gasteiger partial charge in [-0.05, 0) is 25.0 Å². The Morgan fingerprint density at radius 2 is 2.04 bits per heavy atom. The normalized spacial score (nSPS) is 28.3. The predicted molar refractivity (Wildman–Crippen MR) is 87.6 cm³/mol. The van der Waals surface area contributed by atoms with E-state index in [9.17, 15) is 19.4 Å². The maximum absolute atomic E-state index is 14.2. The number of benzene rings is 1. The second-order valence-electron chi connectivity index (χ2n) is 6.26. The van der Waals surface area contributed by atoms with Crippen LogP contribution in [0, 0.1) is 13.8 Å². The highest BCUT2D eigenvalue weighted by atomic mass is 19.2. The van der Waals surface area contributed by atoms with Crippen molar-refractivity contribution in [1.29, 1.82) is 0 Å². The molecule has 8 nitrogen and oxygen atoms in total. The summed E-state index contributed by atoms with van der Waals surface area (Å²) in [5.41, 5.74) is -1.68. The molecule has 1 aromatic heterocycles. The predicted octanol–water partition coefficient (Wildman–Crippen LogP) is 0.347. The molecule has 1 fully saturated rings. The fourth-order valence-corrected chi connectivity index (χ4v) is 2.87. The molecule has 2 heterocycles. The van der Waals surface area contributed by atoms with Crippen molar-refractivity contribution in [3.8, 4) is 11.6 Å². The molecule has 140 valence electrons. The van der Waals surface area contributed by atoms with Crippen LogP contribution in [0.25, 0.3) is 0 Å². The van der Waals surface area contributed by atoms with Gasteiger partial charge < -0.3 is 24.8 Å². The zero-order chi connectivity index (χ0) is 19.1. The zero-order valence-corrected chi connectivity index (χ0v) is 14.2. The van der Waals surface area contributed by atoms with Gasteiger partial charge in [0.1, 0.15) is 19.0 Å². The van der Waals surface area contributed by atoms with Crippen LogP contribution < -0.4 is 10.4 Å². The number of aromatic nitrogens is 2. The van der Waals surface area contributed by atoms with Crippen LogP contribution in [0.3, 0.4) is 0 Å². The molecule has 3 rings (SSSR count). The second-order valence-corrected chi connectivity index (χ2v) is 6.26. The van der Waals surface area contributed by atoms with E-state index in [1.807, 2.05) is 32.0 Å². The first kappa shape index (κ1) is 18.5. The Morgan fingerprint density at radius 1 is 1.38 bits per heavy atom. The highest BCUT2D eigenvalue weighted by Crippen LogP contribution is 2.37. The van der Waals surface area contributed by atoms with Gasteiger partial charge in [-0.1, -0.05) is 18.2 Å². The SMILES string of the molecule is Cc1cccc(C)c1Oc1ccn([C@@]2(O)CO[C@](F)(CO)[C@H]2O)c(=O)n1. The van der Waals surface area contributed by atoms with Crippen molar-refractivity contribution in [2.45, 2.75) is 31.5 Å². The lowest BCUT2D eigenvalue weighted by atomic mass is 10.0. The van der Waals surface area contributed by atoms with E-state index in [2.05, 4.69) is 9.72 Å². The van der Waals surface area contributed by atoms with Crippen LogP contribution in [0.2, 0.25) is 0 Å². The standard InChI is InChI=1S/C17H19FN2O6/c1-10-4-3-5-11(2)13(10)26-12-6-7-20(15(23)19-12)17(24)9-25-16(18,8-21)14(17)22/h3-7,14,21-22,24H,8-9H2,1-2H3/t14-,16-,17-/m1/s1. The van der Waals surface area contributed by atoms with Gasteiger partial charge in [0.2, 0.25) is 11.6 Å². The average Bonchev–Trinajstić information content (AvgIpc) is 2.84. The third kappa shape index (κ3) is 2.88. The van der Waals surface area contributed by atoms with Gasteiger partial charge in [0.15, 0.2) is 6.10 Å². The van der Waals surface area contributed by atoms with Crippen molar-refractivity contribution < 1.29 is 29.2 Å². The number of aliphatic hydroxyl groups excluding tert-OH is 2. The van der Waals surface area contributed by atoms with E-state index in [1.54, 1.807) is 0 Å². The minimum Gasteiger partial charge on any atom is -0.438 e. The van der Waals surface area contributed by atoms with Crippen molar-refractivity contribution in [3.05, 3.63) is 52.1 Å². The number of hydrogen-bond acceptors (Lipinski definition) is 7. The number of aryl methyl sites for hydroxylation is 2. The van der Waals surface area contributed by atoms with Crippen molar-refractivity contribution >= 4 is 0 Å². The Morgan fingerprint density at radius 3 is 2.58 bits per heavy atom. The molecule has 1 aromatic carbocycles. The smallest absolute Gasteiger partial charge is 0.353 e. The molecule has 0 amide bonds. The third-order valence-corrected chi connectivity index (χ3v) is 4.40. The van der Waals surface area contributed by atoms with E-state index in [4.69, 9.17) is 9.84 Å². The number of para-hydroxylation sites is 1. The van der Waals surface area contributed by atoms with Crippen LogP contribution in [-0.4, -0.2) is 50.0 Å². The number of rotatable bonds is 4. The minimum absolute atomic E-state index is 0.0191. The first-order chi connectivity index (χ1) is 12.2. The summed E-state index contributed by atoms with van der Waals surface area (Å²) in [4.78, 5) is 16.0. The summed E-state index contributed by atoms with van der Waals surface area (Å²) in [5.74, 6) is -2.35. The third-order valence-electron chi connectivity index (χ3n) is 4.40. The van der Waals surface area contributed by atoms with Crippen molar-refractivity contribution in [1.82, 2.24) is 9.55 Å². The molecule has 0 saturated carbocycles. The molecule has 9 heteroatoms. The number of alkyl halides is 1. The van der Waals surface area contributed by atoms with Gasteiger partial charge in [0, 0.05) is 12.3 Å². The van der Waals surface area contributed by atoms with Gasteiger partial charge in [-0.25, -0.2) is 9.18 Å². The molecule has 1 aliphatic rings. The molecule has 2 aromatic rings. The fraction of sp³-hybridized carbons (Fsp3) is 0.412. The number of aliphatic hydroxyl groups is 3. The van der Waals surface area contributed by atoms with E-state index in [-0.39, 0.29) is 5.88 Å². The Labute approximate surface area is 148 Å². The van der Waals surface area contributed by atoms with Gasteiger partial charge in [-0.15, -0.1) is 0 Å². The Balaban J connectivity index is 1.93. The lowest BCUT2D eigenvalue weighted by Crippen LogP contribution is -2.54. The lowest BCUT2D eigenvalue weighted by molar-refractivity contribution is -0.195. The Hall–Kier alpha value is -2.33. The van der Waals surface area contributed by atoms with Gasteiger partial charge in [0.05, 0.1) is 0 Å². The van der Waals surface area contributed by atoms with Crippen LogP contribution in [0.4, 0.5) is 4.39 Å². The largest absolute Gasteiger partial charge is 0.438 e. The molecule has 0 aliphatic carbocycles. The molecule has 0 radical (unpaired) electrons. The quantitative estimate of drug-likeness (QED) is 0.715. The van der Waals surface area contributed by atoms with Gasteiger partial charge >= 0.3 is 5.69 Å². The summed E-state index contributed by atoms with van der Waals surface area (Å²) in [5, 5.41) is 29.5. The van der Waals surface area contributed by atoms with E-state index in [0.29, 0.717) is 10.3 Å². The molecule has 1 saturated heterocycles. The van der Waals surface area contributed by atoms with Crippen LogP contribution in [0.15, 0.2) is 35.3 Å². The molecule has 0 bridgehead atoms. The van der Waals surface area contributed by atoms with Crippen LogP contribution >= 0.6 is 0 Å². The molecule has 3 N–H and O–H groups in total. The summed E-state index contributed by atoms with van der Waals surface area (Å²) in [7, 11) is 0. The summed E-state index contributed by atoms with van der Waals surface area (Å²) < 4.78 is 25.1. The molecule has 3 atom stereocenters. The minimum atomic E-state index is -2.87.